The van der Waals surface area contributed by atoms with Crippen LogP contribution in [-0.2, 0) is 9.59 Å². The van der Waals surface area contributed by atoms with E-state index >= 15 is 0 Å². The first kappa shape index (κ1) is 13.5. The first-order valence-corrected chi connectivity index (χ1v) is 6.35. The molecule has 2 amide bonds. The fourth-order valence-corrected chi connectivity index (χ4v) is 2.18. The Hall–Kier alpha value is -1.91. The summed E-state index contributed by atoms with van der Waals surface area (Å²) < 4.78 is 13.2. The molecular formula is C14H17FN2O2. The maximum atomic E-state index is 13.2. The first-order chi connectivity index (χ1) is 8.99. The molecule has 0 atom stereocenters. The number of nitrogens with zero attached hydrogens (tertiary/aromatic N) is 2. The second-order valence-electron chi connectivity index (χ2n) is 5.08. The number of rotatable bonds is 3. The minimum atomic E-state index is -0.586. The lowest BCUT2D eigenvalue weighted by Gasteiger charge is -2.34. The number of anilines is 1. The highest BCUT2D eigenvalue weighted by molar-refractivity contribution is 6.40. The highest BCUT2D eigenvalue weighted by atomic mass is 19.1. The zero-order valence-electron chi connectivity index (χ0n) is 11.1. The van der Waals surface area contributed by atoms with Crippen molar-refractivity contribution in [1.82, 2.24) is 4.90 Å². The van der Waals surface area contributed by atoms with Crippen LogP contribution in [0.4, 0.5) is 10.1 Å². The third kappa shape index (κ3) is 2.92. The molecule has 1 aromatic carbocycles. The minimum absolute atomic E-state index is 0.317. The lowest BCUT2D eigenvalue weighted by molar-refractivity contribution is -0.146. The van der Waals surface area contributed by atoms with Gasteiger partial charge < -0.3 is 9.80 Å². The molecule has 0 spiro atoms. The van der Waals surface area contributed by atoms with Gasteiger partial charge in [-0.25, -0.2) is 4.39 Å². The molecule has 0 radical (unpaired) electrons. The molecule has 0 unspecified atom stereocenters. The van der Waals surface area contributed by atoms with E-state index in [0.717, 1.165) is 0 Å². The van der Waals surface area contributed by atoms with Crippen LogP contribution in [0.5, 0.6) is 0 Å². The molecule has 1 heterocycles. The number of amides is 2. The molecule has 0 saturated carbocycles. The van der Waals surface area contributed by atoms with Gasteiger partial charge in [0.25, 0.3) is 0 Å². The number of carbonyl (C=O) groups excluding carboxylic acids is 2. The van der Waals surface area contributed by atoms with Crippen LogP contribution in [0.25, 0.3) is 0 Å². The molecule has 102 valence electrons. The van der Waals surface area contributed by atoms with E-state index in [4.69, 9.17) is 0 Å². The van der Waals surface area contributed by atoms with Crippen molar-refractivity contribution in [3.8, 4) is 0 Å². The van der Waals surface area contributed by atoms with Crippen molar-refractivity contribution in [3.63, 3.8) is 0 Å². The molecule has 0 aromatic heterocycles. The highest BCUT2D eigenvalue weighted by Crippen LogP contribution is 2.19. The van der Waals surface area contributed by atoms with E-state index in [0.29, 0.717) is 31.2 Å². The topological polar surface area (TPSA) is 40.6 Å². The molecule has 0 aliphatic carbocycles. The van der Waals surface area contributed by atoms with Crippen LogP contribution in [0.1, 0.15) is 13.8 Å². The largest absolute Gasteiger partial charge is 0.332 e. The summed E-state index contributed by atoms with van der Waals surface area (Å²) in [6, 6.07) is 5.74. The molecule has 5 heteroatoms. The van der Waals surface area contributed by atoms with Crippen molar-refractivity contribution in [2.45, 2.75) is 13.8 Å². The molecule has 1 saturated heterocycles. The van der Waals surface area contributed by atoms with Gasteiger partial charge >= 0.3 is 11.8 Å². The normalized spacial score (nSPS) is 16.4. The Balaban J connectivity index is 2.15. The third-order valence-electron chi connectivity index (χ3n) is 3.01. The number of benzene rings is 1. The van der Waals surface area contributed by atoms with E-state index in [2.05, 4.69) is 0 Å². The number of carbonyl (C=O) groups is 2. The van der Waals surface area contributed by atoms with Crippen molar-refractivity contribution in [2.24, 2.45) is 5.92 Å². The summed E-state index contributed by atoms with van der Waals surface area (Å²) in [6.45, 7) is 5.45. The van der Waals surface area contributed by atoms with Gasteiger partial charge in [-0.15, -0.1) is 0 Å². The van der Waals surface area contributed by atoms with Crippen LogP contribution in [0.3, 0.4) is 0 Å². The van der Waals surface area contributed by atoms with Crippen LogP contribution in [0.2, 0.25) is 0 Å². The zero-order valence-corrected chi connectivity index (χ0v) is 11.1. The summed E-state index contributed by atoms with van der Waals surface area (Å²) in [7, 11) is 0. The van der Waals surface area contributed by atoms with Gasteiger partial charge in [-0.1, -0.05) is 19.9 Å². The van der Waals surface area contributed by atoms with Gasteiger partial charge in [-0.05, 0) is 24.1 Å². The van der Waals surface area contributed by atoms with E-state index < -0.39 is 17.6 Å². The first-order valence-electron chi connectivity index (χ1n) is 6.35. The maximum absolute atomic E-state index is 13.2. The fraction of sp³-hybridized carbons (Fsp3) is 0.429. The van der Waals surface area contributed by atoms with E-state index in [1.54, 1.807) is 11.0 Å². The lowest BCUT2D eigenvalue weighted by atomic mass is 10.1. The average Bonchev–Trinajstić information content (AvgIpc) is 2.35. The van der Waals surface area contributed by atoms with E-state index in [1.165, 1.54) is 23.1 Å². The number of piperazine rings is 1. The second kappa shape index (κ2) is 5.38. The Labute approximate surface area is 111 Å². The molecule has 1 aliphatic heterocycles. The van der Waals surface area contributed by atoms with Crippen molar-refractivity contribution >= 4 is 17.5 Å². The van der Waals surface area contributed by atoms with Gasteiger partial charge in [0, 0.05) is 25.3 Å². The molecule has 19 heavy (non-hydrogen) atoms. The third-order valence-corrected chi connectivity index (χ3v) is 3.01. The minimum Gasteiger partial charge on any atom is -0.332 e. The summed E-state index contributed by atoms with van der Waals surface area (Å²) in [5.41, 5.74) is 0.433. The molecule has 0 bridgehead atoms. The summed E-state index contributed by atoms with van der Waals surface area (Å²) in [5, 5.41) is 0. The standard InChI is InChI=1S/C14H17FN2O2/c1-10(2)9-16-6-7-17(14(19)13(16)18)12-5-3-4-11(15)8-12/h3-5,8,10H,6-7,9H2,1-2H3. The average molecular weight is 264 g/mol. The quantitative estimate of drug-likeness (QED) is 0.779. The van der Waals surface area contributed by atoms with E-state index in [-0.39, 0.29) is 0 Å². The number of halogens is 1. The van der Waals surface area contributed by atoms with Crippen molar-refractivity contribution in [2.75, 3.05) is 24.5 Å². The number of hydrogen-bond donors (Lipinski definition) is 0. The van der Waals surface area contributed by atoms with Crippen LogP contribution < -0.4 is 4.90 Å². The summed E-state index contributed by atoms with van der Waals surface area (Å²) >= 11 is 0. The molecule has 1 aliphatic rings. The Bertz CT molecular complexity index is 502. The zero-order chi connectivity index (χ0) is 14.0. The van der Waals surface area contributed by atoms with Gasteiger partial charge in [0.2, 0.25) is 0 Å². The lowest BCUT2D eigenvalue weighted by Crippen LogP contribution is -2.55. The SMILES string of the molecule is CC(C)CN1CCN(c2cccc(F)c2)C(=O)C1=O. The van der Waals surface area contributed by atoms with Crippen LogP contribution in [0, 0.1) is 11.7 Å². The predicted molar refractivity (Wildman–Crippen MR) is 70.2 cm³/mol. The van der Waals surface area contributed by atoms with Crippen LogP contribution in [-0.4, -0.2) is 36.3 Å². The fourth-order valence-electron chi connectivity index (χ4n) is 2.18. The van der Waals surface area contributed by atoms with Crippen LogP contribution >= 0.6 is 0 Å². The van der Waals surface area contributed by atoms with E-state index in [9.17, 15) is 14.0 Å². The highest BCUT2D eigenvalue weighted by Gasteiger charge is 2.33. The van der Waals surface area contributed by atoms with Crippen molar-refractivity contribution in [1.29, 1.82) is 0 Å². The molecule has 0 N–H and O–H groups in total. The predicted octanol–water partition coefficient (Wildman–Crippen LogP) is 1.66. The monoisotopic (exact) mass is 264 g/mol. The Morgan fingerprint density at radius 2 is 1.95 bits per heavy atom. The van der Waals surface area contributed by atoms with Gasteiger partial charge in [-0.2, -0.15) is 0 Å². The Kier molecular flexibility index (Phi) is 3.83. The Morgan fingerprint density at radius 3 is 2.58 bits per heavy atom. The van der Waals surface area contributed by atoms with Gasteiger partial charge in [0.1, 0.15) is 5.82 Å². The maximum Gasteiger partial charge on any atom is 0.316 e. The van der Waals surface area contributed by atoms with E-state index in [1.807, 2.05) is 13.8 Å². The summed E-state index contributed by atoms with van der Waals surface area (Å²) in [4.78, 5) is 26.9. The summed E-state index contributed by atoms with van der Waals surface area (Å²) in [5.74, 6) is -1.19. The molecular weight excluding hydrogens is 247 g/mol. The van der Waals surface area contributed by atoms with Crippen LogP contribution in [0.15, 0.2) is 24.3 Å². The summed E-state index contributed by atoms with van der Waals surface area (Å²) in [6.07, 6.45) is 0. The smallest absolute Gasteiger partial charge is 0.316 e. The number of hydrogen-bond acceptors (Lipinski definition) is 2. The van der Waals surface area contributed by atoms with Crippen molar-refractivity contribution < 1.29 is 14.0 Å². The van der Waals surface area contributed by atoms with Gasteiger partial charge in [-0.3, -0.25) is 9.59 Å². The van der Waals surface area contributed by atoms with Gasteiger partial charge in [0.15, 0.2) is 0 Å². The molecule has 2 rings (SSSR count). The molecule has 1 aromatic rings. The molecule has 1 fully saturated rings. The van der Waals surface area contributed by atoms with Gasteiger partial charge in [0.05, 0.1) is 0 Å². The van der Waals surface area contributed by atoms with Crippen molar-refractivity contribution in [3.05, 3.63) is 30.1 Å². The second-order valence-corrected chi connectivity index (χ2v) is 5.08. The molecule has 4 nitrogen and oxygen atoms in total. The Morgan fingerprint density at radius 1 is 1.21 bits per heavy atom.